The fourth-order valence-corrected chi connectivity index (χ4v) is 1.70. The number of nitrogens with one attached hydrogen (secondary N) is 2. The summed E-state index contributed by atoms with van der Waals surface area (Å²) in [6.45, 7) is 7.10. The van der Waals surface area contributed by atoms with Crippen LogP contribution in [0.1, 0.15) is 16.7 Å². The molecule has 0 aliphatic rings. The molecule has 3 heteroatoms. The molecule has 16 heavy (non-hydrogen) atoms. The minimum absolute atomic E-state index is 0.915. The molecule has 0 aliphatic carbocycles. The van der Waals surface area contributed by atoms with Crippen molar-refractivity contribution in [3.05, 3.63) is 28.8 Å². The van der Waals surface area contributed by atoms with Gasteiger partial charge in [0.1, 0.15) is 5.75 Å². The monoisotopic (exact) mass is 222 g/mol. The molecule has 0 saturated heterocycles. The Morgan fingerprint density at radius 1 is 1.12 bits per heavy atom. The molecule has 3 nitrogen and oxygen atoms in total. The van der Waals surface area contributed by atoms with Gasteiger partial charge in [-0.3, -0.25) is 0 Å². The molecule has 0 radical (unpaired) electrons. The number of benzene rings is 1. The van der Waals surface area contributed by atoms with E-state index in [1.807, 2.05) is 7.05 Å². The van der Waals surface area contributed by atoms with Crippen LogP contribution in [0.15, 0.2) is 12.1 Å². The predicted octanol–water partition coefficient (Wildman–Crippen LogP) is 1.62. The number of hydrogen-bond donors (Lipinski definition) is 2. The van der Waals surface area contributed by atoms with Gasteiger partial charge in [-0.2, -0.15) is 0 Å². The van der Waals surface area contributed by atoms with E-state index in [9.17, 15) is 0 Å². The lowest BCUT2D eigenvalue weighted by molar-refractivity contribution is 0.411. The van der Waals surface area contributed by atoms with Gasteiger partial charge in [-0.05, 0) is 43.7 Å². The number of likely N-dealkylation sites (N-methyl/N-ethyl adjacent to an activating group) is 1. The zero-order valence-electron chi connectivity index (χ0n) is 10.7. The molecule has 0 unspecified atom stereocenters. The van der Waals surface area contributed by atoms with Crippen LogP contribution in [0.3, 0.4) is 0 Å². The lowest BCUT2D eigenvalue weighted by Gasteiger charge is -2.12. The zero-order chi connectivity index (χ0) is 12.0. The first-order chi connectivity index (χ1) is 7.69. The lowest BCUT2D eigenvalue weighted by atomic mass is 10.0. The summed E-state index contributed by atoms with van der Waals surface area (Å²) in [6.07, 6.45) is 0. The van der Waals surface area contributed by atoms with Gasteiger partial charge in [0.15, 0.2) is 0 Å². The van der Waals surface area contributed by atoms with Crippen LogP contribution < -0.4 is 15.4 Å². The average molecular weight is 222 g/mol. The maximum absolute atomic E-state index is 5.29. The molecule has 0 aromatic heterocycles. The van der Waals surface area contributed by atoms with Crippen LogP contribution in [0.25, 0.3) is 0 Å². The summed E-state index contributed by atoms with van der Waals surface area (Å²) in [5.41, 5.74) is 3.81. The lowest BCUT2D eigenvalue weighted by Crippen LogP contribution is -2.24. The molecule has 0 atom stereocenters. The summed E-state index contributed by atoms with van der Waals surface area (Å²) < 4.78 is 5.29. The van der Waals surface area contributed by atoms with Crippen LogP contribution in [0.4, 0.5) is 0 Å². The van der Waals surface area contributed by atoms with Gasteiger partial charge in [0, 0.05) is 19.6 Å². The molecule has 0 saturated carbocycles. The van der Waals surface area contributed by atoms with Crippen molar-refractivity contribution in [1.29, 1.82) is 0 Å². The molecular weight excluding hydrogens is 200 g/mol. The third kappa shape index (κ3) is 3.51. The van der Waals surface area contributed by atoms with Crippen molar-refractivity contribution in [3.63, 3.8) is 0 Å². The SMILES string of the molecule is CNCCNCc1cc(C)c(OC)cc1C. The summed E-state index contributed by atoms with van der Waals surface area (Å²) in [6, 6.07) is 4.30. The zero-order valence-corrected chi connectivity index (χ0v) is 10.7. The topological polar surface area (TPSA) is 33.3 Å². The van der Waals surface area contributed by atoms with Crippen LogP contribution in [-0.4, -0.2) is 27.2 Å². The second-order valence-corrected chi connectivity index (χ2v) is 4.03. The van der Waals surface area contributed by atoms with E-state index in [-0.39, 0.29) is 0 Å². The predicted molar refractivity (Wildman–Crippen MR) is 68.1 cm³/mol. The van der Waals surface area contributed by atoms with Gasteiger partial charge in [0.25, 0.3) is 0 Å². The largest absolute Gasteiger partial charge is 0.496 e. The van der Waals surface area contributed by atoms with Gasteiger partial charge < -0.3 is 15.4 Å². The van der Waals surface area contributed by atoms with E-state index in [0.29, 0.717) is 0 Å². The Morgan fingerprint density at radius 3 is 2.50 bits per heavy atom. The Kier molecular flexibility index (Phi) is 5.29. The van der Waals surface area contributed by atoms with Gasteiger partial charge in [-0.25, -0.2) is 0 Å². The van der Waals surface area contributed by atoms with Crippen molar-refractivity contribution in [2.24, 2.45) is 0 Å². The summed E-state index contributed by atoms with van der Waals surface area (Å²) in [7, 11) is 3.68. The molecule has 0 fully saturated rings. The maximum Gasteiger partial charge on any atom is 0.122 e. The maximum atomic E-state index is 5.29. The van der Waals surface area contributed by atoms with Crippen molar-refractivity contribution in [1.82, 2.24) is 10.6 Å². The molecule has 1 aromatic rings. The normalized spacial score (nSPS) is 10.5. The number of aryl methyl sites for hydroxylation is 2. The van der Waals surface area contributed by atoms with Crippen molar-refractivity contribution in [2.45, 2.75) is 20.4 Å². The molecule has 0 spiro atoms. The molecule has 1 rings (SSSR count). The quantitative estimate of drug-likeness (QED) is 0.718. The highest BCUT2D eigenvalue weighted by atomic mass is 16.5. The molecule has 1 aromatic carbocycles. The number of ether oxygens (including phenoxy) is 1. The first-order valence-electron chi connectivity index (χ1n) is 5.68. The Balaban J connectivity index is 2.63. The molecule has 90 valence electrons. The Morgan fingerprint density at radius 2 is 1.88 bits per heavy atom. The molecule has 0 heterocycles. The second kappa shape index (κ2) is 6.51. The fraction of sp³-hybridized carbons (Fsp3) is 0.538. The first kappa shape index (κ1) is 13.0. The third-order valence-corrected chi connectivity index (χ3v) is 2.72. The molecule has 2 N–H and O–H groups in total. The van der Waals surface area contributed by atoms with Crippen LogP contribution >= 0.6 is 0 Å². The molecule has 0 amide bonds. The number of rotatable bonds is 6. The highest BCUT2D eigenvalue weighted by Crippen LogP contribution is 2.22. The molecular formula is C13H22N2O. The van der Waals surface area contributed by atoms with Crippen molar-refractivity contribution >= 4 is 0 Å². The molecule has 0 aliphatic heterocycles. The standard InChI is InChI=1S/C13H22N2O/c1-10-8-13(16-4)11(2)7-12(10)9-15-6-5-14-3/h7-8,14-15H,5-6,9H2,1-4H3. The van der Waals surface area contributed by atoms with Gasteiger partial charge >= 0.3 is 0 Å². The minimum Gasteiger partial charge on any atom is -0.496 e. The second-order valence-electron chi connectivity index (χ2n) is 4.03. The third-order valence-electron chi connectivity index (χ3n) is 2.72. The van der Waals surface area contributed by atoms with Crippen LogP contribution in [0, 0.1) is 13.8 Å². The van der Waals surface area contributed by atoms with Crippen LogP contribution in [0.5, 0.6) is 5.75 Å². The molecule has 0 bridgehead atoms. The summed E-state index contributed by atoms with van der Waals surface area (Å²) in [5, 5.41) is 6.52. The van der Waals surface area contributed by atoms with Crippen LogP contribution in [-0.2, 0) is 6.54 Å². The first-order valence-corrected chi connectivity index (χ1v) is 5.68. The van der Waals surface area contributed by atoms with E-state index >= 15 is 0 Å². The van der Waals surface area contributed by atoms with E-state index in [1.165, 1.54) is 16.7 Å². The summed E-state index contributed by atoms with van der Waals surface area (Å²) in [5.74, 6) is 0.969. The van der Waals surface area contributed by atoms with Crippen LogP contribution in [0.2, 0.25) is 0 Å². The Bertz CT molecular complexity index is 337. The van der Waals surface area contributed by atoms with E-state index in [0.717, 1.165) is 25.4 Å². The van der Waals surface area contributed by atoms with Crippen molar-refractivity contribution in [3.8, 4) is 5.75 Å². The van der Waals surface area contributed by atoms with Crippen molar-refractivity contribution in [2.75, 3.05) is 27.2 Å². The van der Waals surface area contributed by atoms with Crippen molar-refractivity contribution < 1.29 is 4.74 Å². The highest BCUT2D eigenvalue weighted by Gasteiger charge is 2.04. The fourth-order valence-electron chi connectivity index (χ4n) is 1.70. The Labute approximate surface area is 98.2 Å². The number of methoxy groups -OCH3 is 1. The van der Waals surface area contributed by atoms with Gasteiger partial charge in [-0.1, -0.05) is 6.07 Å². The summed E-state index contributed by atoms with van der Waals surface area (Å²) in [4.78, 5) is 0. The number of hydrogen-bond acceptors (Lipinski definition) is 3. The van der Waals surface area contributed by atoms with Gasteiger partial charge in [-0.15, -0.1) is 0 Å². The van der Waals surface area contributed by atoms with Gasteiger partial charge in [0.2, 0.25) is 0 Å². The Hall–Kier alpha value is -1.06. The van der Waals surface area contributed by atoms with E-state index < -0.39 is 0 Å². The smallest absolute Gasteiger partial charge is 0.122 e. The van der Waals surface area contributed by atoms with E-state index in [2.05, 4.69) is 36.6 Å². The minimum atomic E-state index is 0.915. The highest BCUT2D eigenvalue weighted by molar-refractivity contribution is 5.41. The van der Waals surface area contributed by atoms with E-state index in [1.54, 1.807) is 7.11 Å². The van der Waals surface area contributed by atoms with E-state index in [4.69, 9.17) is 4.74 Å². The average Bonchev–Trinajstić information content (AvgIpc) is 2.28. The summed E-state index contributed by atoms with van der Waals surface area (Å²) >= 11 is 0. The van der Waals surface area contributed by atoms with Gasteiger partial charge in [0.05, 0.1) is 7.11 Å².